The lowest BCUT2D eigenvalue weighted by molar-refractivity contribution is -0.274. The second-order valence-corrected chi connectivity index (χ2v) is 7.44. The Kier molecular flexibility index (Phi) is 6.87. The van der Waals surface area contributed by atoms with Crippen LogP contribution in [0.4, 0.5) is 13.2 Å². The van der Waals surface area contributed by atoms with Crippen molar-refractivity contribution in [1.82, 2.24) is 10.2 Å². The lowest BCUT2D eigenvalue weighted by Crippen LogP contribution is -2.45. The second-order valence-electron chi connectivity index (χ2n) is 7.01. The molecule has 1 N–H and O–H groups in total. The van der Waals surface area contributed by atoms with Gasteiger partial charge in [-0.05, 0) is 54.8 Å². The molecule has 1 unspecified atom stereocenters. The number of ether oxygens (including phenoxy) is 1. The Morgan fingerprint density at radius 3 is 2.40 bits per heavy atom. The fourth-order valence-corrected chi connectivity index (χ4v) is 3.42. The maximum absolute atomic E-state index is 12.6. The van der Waals surface area contributed by atoms with Gasteiger partial charge in [-0.25, -0.2) is 0 Å². The molecule has 1 aliphatic heterocycles. The van der Waals surface area contributed by atoms with Crippen molar-refractivity contribution in [2.75, 3.05) is 13.1 Å². The van der Waals surface area contributed by atoms with Gasteiger partial charge >= 0.3 is 6.36 Å². The summed E-state index contributed by atoms with van der Waals surface area (Å²) in [7, 11) is 0. The Bertz CT molecular complexity index is 886. The van der Waals surface area contributed by atoms with Crippen molar-refractivity contribution in [3.05, 3.63) is 64.7 Å². The maximum atomic E-state index is 12.6. The van der Waals surface area contributed by atoms with E-state index in [9.17, 15) is 22.8 Å². The Hall–Kier alpha value is -2.74. The summed E-state index contributed by atoms with van der Waals surface area (Å²) in [5.74, 6) is -1.01. The van der Waals surface area contributed by atoms with E-state index in [1.54, 1.807) is 29.2 Å². The molecule has 0 bridgehead atoms. The van der Waals surface area contributed by atoms with Crippen LogP contribution in [0.2, 0.25) is 5.02 Å². The van der Waals surface area contributed by atoms with Crippen LogP contribution in [0.15, 0.2) is 48.5 Å². The number of hydrogen-bond acceptors (Lipinski definition) is 3. The third kappa shape index (κ3) is 6.13. The molecule has 0 aliphatic carbocycles. The summed E-state index contributed by atoms with van der Waals surface area (Å²) in [5, 5.41) is 3.33. The zero-order valence-electron chi connectivity index (χ0n) is 15.9. The van der Waals surface area contributed by atoms with Gasteiger partial charge in [0, 0.05) is 30.2 Å². The van der Waals surface area contributed by atoms with E-state index in [1.807, 2.05) is 0 Å². The highest BCUT2D eigenvalue weighted by Gasteiger charge is 2.31. The average Bonchev–Trinajstić information content (AvgIpc) is 2.72. The minimum atomic E-state index is -4.74. The van der Waals surface area contributed by atoms with Gasteiger partial charge in [-0.3, -0.25) is 9.59 Å². The van der Waals surface area contributed by atoms with Gasteiger partial charge in [-0.2, -0.15) is 0 Å². The molecule has 1 fully saturated rings. The van der Waals surface area contributed by atoms with Gasteiger partial charge in [0.25, 0.3) is 5.91 Å². The van der Waals surface area contributed by atoms with E-state index >= 15 is 0 Å². The van der Waals surface area contributed by atoms with Crippen molar-refractivity contribution in [1.29, 1.82) is 0 Å². The number of carbonyl (C=O) groups is 2. The van der Waals surface area contributed by atoms with E-state index in [0.717, 1.165) is 0 Å². The zero-order chi connectivity index (χ0) is 21.7. The van der Waals surface area contributed by atoms with Crippen molar-refractivity contribution in [3.8, 4) is 5.75 Å². The first-order chi connectivity index (χ1) is 14.2. The number of nitrogens with zero attached hydrogens (tertiary/aromatic N) is 1. The maximum Gasteiger partial charge on any atom is 0.573 e. The Morgan fingerprint density at radius 1 is 1.10 bits per heavy atom. The first-order valence-electron chi connectivity index (χ1n) is 9.38. The highest BCUT2D eigenvalue weighted by atomic mass is 35.5. The third-order valence-electron chi connectivity index (χ3n) is 4.79. The zero-order valence-corrected chi connectivity index (χ0v) is 16.7. The number of likely N-dealkylation sites (tertiary alicyclic amines) is 1. The number of amides is 2. The molecule has 1 saturated heterocycles. The average molecular weight is 441 g/mol. The molecule has 0 aromatic heterocycles. The number of alkyl halides is 3. The van der Waals surface area contributed by atoms with Gasteiger partial charge < -0.3 is 15.0 Å². The normalized spacial score (nSPS) is 16.8. The molecule has 160 valence electrons. The summed E-state index contributed by atoms with van der Waals surface area (Å²) in [6.07, 6.45) is -3.37. The summed E-state index contributed by atoms with van der Waals surface area (Å²) in [4.78, 5) is 26.8. The van der Waals surface area contributed by atoms with Gasteiger partial charge in [0.2, 0.25) is 5.91 Å². The van der Waals surface area contributed by atoms with E-state index in [4.69, 9.17) is 11.6 Å². The van der Waals surface area contributed by atoms with Crippen LogP contribution in [-0.4, -0.2) is 36.2 Å². The van der Waals surface area contributed by atoms with E-state index in [2.05, 4.69) is 10.1 Å². The van der Waals surface area contributed by atoms with Crippen LogP contribution in [0, 0.1) is 5.92 Å². The van der Waals surface area contributed by atoms with Gasteiger partial charge in [0.05, 0.1) is 5.92 Å². The molecular weight excluding hydrogens is 421 g/mol. The molecule has 5 nitrogen and oxygen atoms in total. The Labute approximate surface area is 176 Å². The fraction of sp³-hybridized carbons (Fsp3) is 0.333. The van der Waals surface area contributed by atoms with Gasteiger partial charge in [-0.15, -0.1) is 13.2 Å². The summed E-state index contributed by atoms with van der Waals surface area (Å²) >= 11 is 5.85. The number of carbonyl (C=O) groups excluding carboxylic acids is 2. The SMILES string of the molecule is O=C(NCc1ccc(OC(F)(F)F)cc1)C1CCCN(C(=O)c2ccc(Cl)cc2)C1. The van der Waals surface area contributed by atoms with Gasteiger partial charge in [0.1, 0.15) is 5.75 Å². The van der Waals surface area contributed by atoms with Gasteiger partial charge in [-0.1, -0.05) is 23.7 Å². The third-order valence-corrected chi connectivity index (χ3v) is 5.05. The standard InChI is InChI=1S/C21H20ClF3N2O3/c22-17-7-5-15(6-8-17)20(29)27-11-1-2-16(13-27)19(28)26-12-14-3-9-18(10-4-14)30-21(23,24)25/h3-10,16H,1-2,11-13H2,(H,26,28). The van der Waals surface area contributed by atoms with Crippen LogP contribution >= 0.6 is 11.6 Å². The molecule has 1 aliphatic rings. The molecule has 3 rings (SSSR count). The molecule has 9 heteroatoms. The predicted molar refractivity (Wildman–Crippen MR) is 105 cm³/mol. The van der Waals surface area contributed by atoms with E-state index in [0.29, 0.717) is 42.1 Å². The monoisotopic (exact) mass is 440 g/mol. The molecule has 0 radical (unpaired) electrons. The molecular formula is C21H20ClF3N2O3. The van der Waals surface area contributed by atoms with Crippen molar-refractivity contribution in [2.45, 2.75) is 25.7 Å². The molecule has 2 amide bonds. The Morgan fingerprint density at radius 2 is 1.77 bits per heavy atom. The molecule has 1 atom stereocenters. The molecule has 2 aromatic carbocycles. The highest BCUT2D eigenvalue weighted by molar-refractivity contribution is 6.30. The largest absolute Gasteiger partial charge is 0.573 e. The lowest BCUT2D eigenvalue weighted by atomic mass is 9.96. The van der Waals surface area contributed by atoms with Crippen molar-refractivity contribution in [2.24, 2.45) is 5.92 Å². The van der Waals surface area contributed by atoms with Crippen LogP contribution in [0.3, 0.4) is 0 Å². The summed E-state index contributed by atoms with van der Waals surface area (Å²) in [6.45, 7) is 1.06. The number of rotatable bonds is 5. The van der Waals surface area contributed by atoms with Crippen LogP contribution in [0.25, 0.3) is 0 Å². The number of hydrogen-bond donors (Lipinski definition) is 1. The minimum Gasteiger partial charge on any atom is -0.406 e. The van der Waals surface area contributed by atoms with Crippen molar-refractivity contribution < 1.29 is 27.5 Å². The van der Waals surface area contributed by atoms with E-state index in [-0.39, 0.29) is 30.0 Å². The number of halogens is 4. The van der Waals surface area contributed by atoms with E-state index in [1.165, 1.54) is 24.3 Å². The predicted octanol–water partition coefficient (Wildman–Crippen LogP) is 4.41. The second kappa shape index (κ2) is 9.38. The highest BCUT2D eigenvalue weighted by Crippen LogP contribution is 2.23. The fourth-order valence-electron chi connectivity index (χ4n) is 3.29. The van der Waals surface area contributed by atoms with Crippen LogP contribution in [0.5, 0.6) is 5.75 Å². The number of piperidine rings is 1. The van der Waals surface area contributed by atoms with Crippen LogP contribution in [0.1, 0.15) is 28.8 Å². The first kappa shape index (κ1) is 22.0. The number of benzene rings is 2. The topological polar surface area (TPSA) is 58.6 Å². The van der Waals surface area contributed by atoms with Crippen LogP contribution < -0.4 is 10.1 Å². The molecule has 0 spiro atoms. The smallest absolute Gasteiger partial charge is 0.406 e. The van der Waals surface area contributed by atoms with Crippen LogP contribution in [-0.2, 0) is 11.3 Å². The molecule has 30 heavy (non-hydrogen) atoms. The van der Waals surface area contributed by atoms with E-state index < -0.39 is 6.36 Å². The minimum absolute atomic E-state index is 0.149. The summed E-state index contributed by atoms with van der Waals surface area (Å²) < 4.78 is 40.4. The number of nitrogens with one attached hydrogen (secondary N) is 1. The summed E-state index contributed by atoms with van der Waals surface area (Å²) in [5.41, 5.74) is 1.16. The Balaban J connectivity index is 1.52. The summed E-state index contributed by atoms with van der Waals surface area (Å²) in [6, 6.07) is 11.9. The van der Waals surface area contributed by atoms with Crippen molar-refractivity contribution in [3.63, 3.8) is 0 Å². The first-order valence-corrected chi connectivity index (χ1v) is 9.76. The molecule has 0 saturated carbocycles. The molecule has 1 heterocycles. The van der Waals surface area contributed by atoms with Crippen molar-refractivity contribution >= 4 is 23.4 Å². The lowest BCUT2D eigenvalue weighted by Gasteiger charge is -2.32. The molecule has 2 aromatic rings. The quantitative estimate of drug-likeness (QED) is 0.749. The van der Waals surface area contributed by atoms with Gasteiger partial charge in [0.15, 0.2) is 0 Å².